The molecule has 3 rings (SSSR count). The Balaban J connectivity index is 1.73. The van der Waals surface area contributed by atoms with Crippen LogP contribution < -0.4 is 16.1 Å². The third-order valence-corrected chi connectivity index (χ3v) is 5.89. The molecule has 1 unspecified atom stereocenters. The van der Waals surface area contributed by atoms with E-state index < -0.39 is 0 Å². The van der Waals surface area contributed by atoms with E-state index in [1.807, 2.05) is 18.8 Å². The minimum absolute atomic E-state index is 0.330. The maximum absolute atomic E-state index is 4.16. The molecule has 0 spiro atoms. The molecule has 3 N–H and O–H groups in total. The van der Waals surface area contributed by atoms with Gasteiger partial charge in [0, 0.05) is 25.8 Å². The van der Waals surface area contributed by atoms with Gasteiger partial charge in [-0.1, -0.05) is 18.9 Å². The lowest BCUT2D eigenvalue weighted by Crippen LogP contribution is -2.57. The average molecular weight is 305 g/mol. The molecule has 21 heavy (non-hydrogen) atoms. The van der Waals surface area contributed by atoms with Gasteiger partial charge in [0.2, 0.25) is 0 Å². The molecule has 0 bridgehead atoms. The largest absolute Gasteiger partial charge is 0.381 e. The molecule has 3 atom stereocenters. The van der Waals surface area contributed by atoms with Crippen molar-refractivity contribution in [1.29, 1.82) is 0 Å². The van der Waals surface area contributed by atoms with Crippen molar-refractivity contribution in [3.05, 3.63) is 42.2 Å². The van der Waals surface area contributed by atoms with E-state index in [1.54, 1.807) is 6.20 Å². The summed E-state index contributed by atoms with van der Waals surface area (Å²) in [5.41, 5.74) is 9.15. The van der Waals surface area contributed by atoms with Crippen molar-refractivity contribution < 1.29 is 0 Å². The standard InChI is InChI=1S/C15H23N5S/c1-5-17-14-11(3)19-9-12(21-15(14)19)10(2)8-13-18-6-7-20(13)16-4/h5,12,14-18H,1,3,6-7,9H2,2,4H3/t8?,12-,14-,15?/m1/s1. The van der Waals surface area contributed by atoms with Crippen LogP contribution in [0.3, 0.4) is 0 Å². The number of thioether (sulfide) groups is 1. The number of hydrazine groups is 1. The van der Waals surface area contributed by atoms with Gasteiger partial charge < -0.3 is 15.5 Å². The van der Waals surface area contributed by atoms with Gasteiger partial charge in [0.1, 0.15) is 5.37 Å². The SMILES string of the molecule is C=CN[C@@H]1C(=C)N2C[C@H](C(C)=C=C3NCCN3NC)SC12. The van der Waals surface area contributed by atoms with E-state index >= 15 is 0 Å². The maximum Gasteiger partial charge on any atom is 0.161 e. The number of hydrogen-bond donors (Lipinski definition) is 3. The maximum atomic E-state index is 4.16. The van der Waals surface area contributed by atoms with Gasteiger partial charge in [0.15, 0.2) is 5.82 Å². The summed E-state index contributed by atoms with van der Waals surface area (Å²) in [6.45, 7) is 13.0. The second kappa shape index (κ2) is 5.72. The normalized spacial score (nSPS) is 30.5. The van der Waals surface area contributed by atoms with Crippen LogP contribution in [0.5, 0.6) is 0 Å². The molecule has 0 aromatic heterocycles. The number of fused-ring (bicyclic) bond motifs is 1. The predicted molar refractivity (Wildman–Crippen MR) is 88.1 cm³/mol. The molecule has 0 aliphatic carbocycles. The van der Waals surface area contributed by atoms with Gasteiger partial charge in [0.25, 0.3) is 0 Å². The summed E-state index contributed by atoms with van der Waals surface area (Å²) in [6.07, 6.45) is 1.76. The lowest BCUT2D eigenvalue weighted by Gasteiger charge is -2.46. The molecule has 3 heterocycles. The first kappa shape index (κ1) is 14.4. The van der Waals surface area contributed by atoms with E-state index in [-0.39, 0.29) is 0 Å². The second-order valence-electron chi connectivity index (χ2n) is 5.47. The Kier molecular flexibility index (Phi) is 3.93. The van der Waals surface area contributed by atoms with Gasteiger partial charge in [-0.2, -0.15) is 0 Å². The quantitative estimate of drug-likeness (QED) is 0.667. The van der Waals surface area contributed by atoms with Crippen molar-refractivity contribution in [3.63, 3.8) is 0 Å². The zero-order valence-corrected chi connectivity index (χ0v) is 13.5. The van der Waals surface area contributed by atoms with Crippen molar-refractivity contribution in [1.82, 2.24) is 26.0 Å². The van der Waals surface area contributed by atoms with Gasteiger partial charge in [-0.15, -0.1) is 11.8 Å². The third kappa shape index (κ3) is 2.44. The van der Waals surface area contributed by atoms with Crippen LogP contribution in [0, 0.1) is 0 Å². The minimum atomic E-state index is 0.330. The summed E-state index contributed by atoms with van der Waals surface area (Å²) < 4.78 is 0. The van der Waals surface area contributed by atoms with E-state index in [9.17, 15) is 0 Å². The molecule has 0 saturated carbocycles. The molecule has 5 nitrogen and oxygen atoms in total. The Morgan fingerprint density at radius 3 is 3.10 bits per heavy atom. The fraction of sp³-hybridized carbons (Fsp3) is 0.533. The summed E-state index contributed by atoms with van der Waals surface area (Å²) >= 11 is 1.99. The number of nitrogens with one attached hydrogen (secondary N) is 3. The van der Waals surface area contributed by atoms with E-state index in [1.165, 1.54) is 11.3 Å². The molecule has 6 heteroatoms. The summed E-state index contributed by atoms with van der Waals surface area (Å²) in [5.74, 6) is 1.05. The predicted octanol–water partition coefficient (Wildman–Crippen LogP) is 0.785. The highest BCUT2D eigenvalue weighted by Gasteiger charge is 2.49. The Bertz CT molecular complexity index is 522. The lowest BCUT2D eigenvalue weighted by atomic mass is 10.0. The summed E-state index contributed by atoms with van der Waals surface area (Å²) in [7, 11) is 1.94. The molecule has 3 fully saturated rings. The van der Waals surface area contributed by atoms with Crippen LogP contribution in [0.1, 0.15) is 6.92 Å². The Hall–Kier alpha value is -1.49. The highest BCUT2D eigenvalue weighted by Crippen LogP contribution is 2.46. The minimum Gasteiger partial charge on any atom is -0.381 e. The van der Waals surface area contributed by atoms with Crippen molar-refractivity contribution in [3.8, 4) is 0 Å². The smallest absolute Gasteiger partial charge is 0.161 e. The molecule has 3 saturated heterocycles. The molecule has 3 aliphatic rings. The fourth-order valence-electron chi connectivity index (χ4n) is 3.01. The zero-order valence-electron chi connectivity index (χ0n) is 12.6. The summed E-state index contributed by atoms with van der Waals surface area (Å²) in [4.78, 5) is 2.38. The molecule has 114 valence electrons. The molecular weight excluding hydrogens is 282 g/mol. The van der Waals surface area contributed by atoms with E-state index in [0.717, 1.165) is 25.5 Å². The van der Waals surface area contributed by atoms with Crippen LogP contribution >= 0.6 is 11.8 Å². The summed E-state index contributed by atoms with van der Waals surface area (Å²) in [6, 6.07) is 0.330. The lowest BCUT2D eigenvalue weighted by molar-refractivity contribution is 0.204. The fourth-order valence-corrected chi connectivity index (χ4v) is 4.62. The van der Waals surface area contributed by atoms with E-state index in [2.05, 4.69) is 51.8 Å². The first-order valence-electron chi connectivity index (χ1n) is 7.29. The van der Waals surface area contributed by atoms with Gasteiger partial charge in [-0.3, -0.25) is 5.01 Å². The molecular formula is C15H23N5S. The van der Waals surface area contributed by atoms with Crippen LogP contribution in [0.15, 0.2) is 42.2 Å². The van der Waals surface area contributed by atoms with Gasteiger partial charge in [0.05, 0.1) is 17.8 Å². The molecule has 0 amide bonds. The zero-order chi connectivity index (χ0) is 15.0. The molecule has 3 aliphatic heterocycles. The van der Waals surface area contributed by atoms with Crippen molar-refractivity contribution in [2.75, 3.05) is 26.7 Å². The number of nitrogens with zero attached hydrogens (tertiary/aromatic N) is 2. The summed E-state index contributed by atoms with van der Waals surface area (Å²) in [5, 5.41) is 9.70. The highest BCUT2D eigenvalue weighted by atomic mass is 32.2. The number of hydrogen-bond acceptors (Lipinski definition) is 6. The van der Waals surface area contributed by atoms with E-state index in [4.69, 9.17) is 0 Å². The van der Waals surface area contributed by atoms with Crippen LogP contribution in [-0.4, -0.2) is 53.3 Å². The Morgan fingerprint density at radius 1 is 1.57 bits per heavy atom. The van der Waals surface area contributed by atoms with Crippen LogP contribution in [-0.2, 0) is 0 Å². The third-order valence-electron chi connectivity index (χ3n) is 4.25. The Morgan fingerprint density at radius 2 is 2.38 bits per heavy atom. The van der Waals surface area contributed by atoms with Crippen LogP contribution in [0.2, 0.25) is 0 Å². The molecule has 0 radical (unpaired) electrons. The van der Waals surface area contributed by atoms with Gasteiger partial charge >= 0.3 is 0 Å². The van der Waals surface area contributed by atoms with Gasteiger partial charge in [-0.05, 0) is 18.7 Å². The topological polar surface area (TPSA) is 42.6 Å². The monoisotopic (exact) mass is 305 g/mol. The molecule has 0 aromatic carbocycles. The average Bonchev–Trinajstić information content (AvgIpc) is 3.08. The van der Waals surface area contributed by atoms with Crippen molar-refractivity contribution in [2.45, 2.75) is 23.6 Å². The van der Waals surface area contributed by atoms with Crippen LogP contribution in [0.25, 0.3) is 0 Å². The van der Waals surface area contributed by atoms with Crippen molar-refractivity contribution >= 4 is 11.8 Å². The molecule has 0 aromatic rings. The number of rotatable bonds is 4. The first-order chi connectivity index (χ1) is 10.2. The highest BCUT2D eigenvalue weighted by molar-refractivity contribution is 8.01. The first-order valence-corrected chi connectivity index (χ1v) is 8.24. The van der Waals surface area contributed by atoms with Gasteiger partial charge in [-0.25, -0.2) is 5.43 Å². The van der Waals surface area contributed by atoms with E-state index in [0.29, 0.717) is 16.7 Å². The van der Waals surface area contributed by atoms with Crippen molar-refractivity contribution in [2.24, 2.45) is 0 Å². The second-order valence-corrected chi connectivity index (χ2v) is 6.79. The Labute approximate surface area is 130 Å². The van der Waals surface area contributed by atoms with Crippen LogP contribution in [0.4, 0.5) is 0 Å².